The van der Waals surface area contributed by atoms with Gasteiger partial charge in [-0.25, -0.2) is 0 Å². The highest BCUT2D eigenvalue weighted by Gasteiger charge is 2.29. The molecule has 1 aromatic carbocycles. The normalized spacial score (nSPS) is 14.6. The molecule has 0 unspecified atom stereocenters. The Morgan fingerprint density at radius 1 is 1.50 bits per heavy atom. The van der Waals surface area contributed by atoms with E-state index in [9.17, 15) is 4.79 Å². The summed E-state index contributed by atoms with van der Waals surface area (Å²) in [5.41, 5.74) is 1.14. The minimum atomic E-state index is 0.0593. The smallest absolute Gasteiger partial charge is 0.260 e. The van der Waals surface area contributed by atoms with Gasteiger partial charge in [0.25, 0.3) is 5.91 Å². The molecule has 3 heteroatoms. The largest absolute Gasteiger partial charge is 0.484 e. The maximum absolute atomic E-state index is 11.7. The van der Waals surface area contributed by atoms with Gasteiger partial charge in [0.1, 0.15) is 5.75 Å². The summed E-state index contributed by atoms with van der Waals surface area (Å²) in [6.07, 6.45) is 2.26. The molecule has 86 valence electrons. The Morgan fingerprint density at radius 2 is 2.25 bits per heavy atom. The highest BCUT2D eigenvalue weighted by Crippen LogP contribution is 2.25. The van der Waals surface area contributed by atoms with Crippen LogP contribution in [-0.4, -0.2) is 30.5 Å². The van der Waals surface area contributed by atoms with E-state index in [4.69, 9.17) is 4.74 Å². The van der Waals surface area contributed by atoms with Crippen molar-refractivity contribution in [2.75, 3.05) is 13.7 Å². The van der Waals surface area contributed by atoms with E-state index in [1.807, 2.05) is 38.2 Å². The van der Waals surface area contributed by atoms with Gasteiger partial charge in [-0.15, -0.1) is 0 Å². The Morgan fingerprint density at radius 3 is 2.88 bits per heavy atom. The second kappa shape index (κ2) is 4.56. The second-order valence-electron chi connectivity index (χ2n) is 4.34. The third kappa shape index (κ3) is 2.75. The van der Waals surface area contributed by atoms with Crippen LogP contribution in [0.5, 0.6) is 5.75 Å². The van der Waals surface area contributed by atoms with Crippen molar-refractivity contribution >= 4 is 5.91 Å². The van der Waals surface area contributed by atoms with E-state index in [1.54, 1.807) is 4.90 Å². The molecule has 0 spiro atoms. The highest BCUT2D eigenvalue weighted by atomic mass is 16.5. The SMILES string of the molecule is Cc1cccc(OCC(=O)N(C)C2CC2)c1. The molecule has 2 rings (SSSR count). The van der Waals surface area contributed by atoms with E-state index in [0.29, 0.717) is 6.04 Å². The fourth-order valence-electron chi connectivity index (χ4n) is 1.62. The summed E-state index contributed by atoms with van der Waals surface area (Å²) in [6, 6.07) is 8.20. The molecular formula is C13H17NO2. The van der Waals surface area contributed by atoms with Crippen LogP contribution in [-0.2, 0) is 4.79 Å². The van der Waals surface area contributed by atoms with Crippen LogP contribution in [0.25, 0.3) is 0 Å². The summed E-state index contributed by atoms with van der Waals surface area (Å²) in [4.78, 5) is 13.5. The Labute approximate surface area is 96.0 Å². The molecule has 1 fully saturated rings. The first kappa shape index (κ1) is 11.0. The Bertz CT molecular complexity index is 385. The van der Waals surface area contributed by atoms with E-state index in [-0.39, 0.29) is 12.5 Å². The molecule has 1 aromatic rings. The molecular weight excluding hydrogens is 202 g/mol. The van der Waals surface area contributed by atoms with Gasteiger partial charge in [0, 0.05) is 13.1 Å². The van der Waals surface area contributed by atoms with Crippen LogP contribution in [0.15, 0.2) is 24.3 Å². The van der Waals surface area contributed by atoms with E-state index in [0.717, 1.165) is 24.2 Å². The first-order chi connectivity index (χ1) is 7.66. The van der Waals surface area contributed by atoms with Crippen molar-refractivity contribution in [1.82, 2.24) is 4.90 Å². The molecule has 0 radical (unpaired) electrons. The first-order valence-electron chi connectivity index (χ1n) is 5.62. The molecule has 0 atom stereocenters. The van der Waals surface area contributed by atoms with E-state index < -0.39 is 0 Å². The highest BCUT2D eigenvalue weighted by molar-refractivity contribution is 5.78. The average molecular weight is 219 g/mol. The quantitative estimate of drug-likeness (QED) is 0.775. The van der Waals surface area contributed by atoms with E-state index in [1.165, 1.54) is 0 Å². The van der Waals surface area contributed by atoms with Crippen LogP contribution in [0, 0.1) is 6.92 Å². The van der Waals surface area contributed by atoms with Crippen molar-refractivity contribution in [3.63, 3.8) is 0 Å². The Kier molecular flexibility index (Phi) is 3.13. The van der Waals surface area contributed by atoms with Crippen LogP contribution in [0.4, 0.5) is 0 Å². The molecule has 0 aliphatic heterocycles. The fourth-order valence-corrected chi connectivity index (χ4v) is 1.62. The molecule has 0 heterocycles. The molecule has 1 aliphatic rings. The van der Waals surface area contributed by atoms with Gasteiger partial charge >= 0.3 is 0 Å². The van der Waals surface area contributed by atoms with Gasteiger partial charge in [0.2, 0.25) is 0 Å². The molecule has 1 saturated carbocycles. The minimum absolute atomic E-state index is 0.0593. The molecule has 1 aliphatic carbocycles. The molecule has 0 saturated heterocycles. The number of amides is 1. The molecule has 0 bridgehead atoms. The lowest BCUT2D eigenvalue weighted by molar-refractivity contribution is -0.132. The Hall–Kier alpha value is -1.51. The number of nitrogens with zero attached hydrogens (tertiary/aromatic N) is 1. The number of likely N-dealkylation sites (N-methyl/N-ethyl adjacent to an activating group) is 1. The molecule has 0 aromatic heterocycles. The molecule has 16 heavy (non-hydrogen) atoms. The zero-order valence-corrected chi connectivity index (χ0v) is 9.77. The van der Waals surface area contributed by atoms with Crippen LogP contribution in [0.2, 0.25) is 0 Å². The van der Waals surface area contributed by atoms with Crippen LogP contribution < -0.4 is 4.74 Å². The van der Waals surface area contributed by atoms with Gasteiger partial charge in [0.05, 0.1) is 0 Å². The number of benzene rings is 1. The summed E-state index contributed by atoms with van der Waals surface area (Å²) in [5, 5.41) is 0. The summed E-state index contributed by atoms with van der Waals surface area (Å²) in [5.74, 6) is 0.821. The van der Waals surface area contributed by atoms with Gasteiger partial charge in [-0.1, -0.05) is 12.1 Å². The predicted octanol–water partition coefficient (Wildman–Crippen LogP) is 1.99. The predicted molar refractivity (Wildman–Crippen MR) is 62.5 cm³/mol. The lowest BCUT2D eigenvalue weighted by Gasteiger charge is -2.16. The van der Waals surface area contributed by atoms with Crippen LogP contribution in [0.3, 0.4) is 0 Å². The summed E-state index contributed by atoms with van der Waals surface area (Å²) < 4.78 is 5.46. The van der Waals surface area contributed by atoms with E-state index in [2.05, 4.69) is 0 Å². The summed E-state index contributed by atoms with van der Waals surface area (Å²) in [6.45, 7) is 2.14. The van der Waals surface area contributed by atoms with Gasteiger partial charge in [-0.3, -0.25) is 4.79 Å². The number of hydrogen-bond acceptors (Lipinski definition) is 2. The van der Waals surface area contributed by atoms with Crippen molar-refractivity contribution < 1.29 is 9.53 Å². The molecule has 3 nitrogen and oxygen atoms in total. The monoisotopic (exact) mass is 219 g/mol. The van der Waals surface area contributed by atoms with Gasteiger partial charge in [-0.05, 0) is 37.5 Å². The number of carbonyl (C=O) groups is 1. The molecule has 1 amide bonds. The summed E-state index contributed by atoms with van der Waals surface area (Å²) in [7, 11) is 1.85. The topological polar surface area (TPSA) is 29.5 Å². The van der Waals surface area contributed by atoms with Crippen LogP contribution in [0.1, 0.15) is 18.4 Å². The average Bonchev–Trinajstić information content (AvgIpc) is 3.09. The van der Waals surface area contributed by atoms with Gasteiger partial charge in [0.15, 0.2) is 6.61 Å². The zero-order chi connectivity index (χ0) is 11.5. The maximum Gasteiger partial charge on any atom is 0.260 e. The molecule has 0 N–H and O–H groups in total. The van der Waals surface area contributed by atoms with E-state index >= 15 is 0 Å². The maximum atomic E-state index is 11.7. The summed E-state index contributed by atoms with van der Waals surface area (Å²) >= 11 is 0. The number of hydrogen-bond donors (Lipinski definition) is 0. The number of ether oxygens (including phenoxy) is 1. The van der Waals surface area contributed by atoms with Crippen molar-refractivity contribution in [3.05, 3.63) is 29.8 Å². The van der Waals surface area contributed by atoms with Crippen LogP contribution >= 0.6 is 0 Å². The third-order valence-corrected chi connectivity index (χ3v) is 2.84. The van der Waals surface area contributed by atoms with Gasteiger partial charge < -0.3 is 9.64 Å². The van der Waals surface area contributed by atoms with Crippen molar-refractivity contribution in [3.8, 4) is 5.75 Å². The fraction of sp³-hybridized carbons (Fsp3) is 0.462. The zero-order valence-electron chi connectivity index (χ0n) is 9.77. The van der Waals surface area contributed by atoms with Crippen molar-refractivity contribution in [2.24, 2.45) is 0 Å². The minimum Gasteiger partial charge on any atom is -0.484 e. The Balaban J connectivity index is 1.84. The van der Waals surface area contributed by atoms with Gasteiger partial charge in [-0.2, -0.15) is 0 Å². The third-order valence-electron chi connectivity index (χ3n) is 2.84. The first-order valence-corrected chi connectivity index (χ1v) is 5.62. The van der Waals surface area contributed by atoms with Crippen molar-refractivity contribution in [2.45, 2.75) is 25.8 Å². The standard InChI is InChI=1S/C13H17NO2/c1-10-4-3-5-12(8-10)16-9-13(15)14(2)11-6-7-11/h3-5,8,11H,6-7,9H2,1-2H3. The number of aryl methyl sites for hydroxylation is 1. The van der Waals surface area contributed by atoms with Crippen molar-refractivity contribution in [1.29, 1.82) is 0 Å². The lowest BCUT2D eigenvalue weighted by atomic mass is 10.2. The lowest BCUT2D eigenvalue weighted by Crippen LogP contribution is -2.33. The second-order valence-corrected chi connectivity index (χ2v) is 4.34. The number of rotatable bonds is 4. The number of carbonyl (C=O) groups excluding carboxylic acids is 1.